The zero-order valence-electron chi connectivity index (χ0n) is 6.18. The summed E-state index contributed by atoms with van der Waals surface area (Å²) in [5.74, 6) is 0. The van der Waals surface area contributed by atoms with Crippen LogP contribution in [0.4, 0.5) is 0 Å². The number of rotatable bonds is 2. The Labute approximate surface area is 56.2 Å². The van der Waals surface area contributed by atoms with Gasteiger partial charge in [-0.15, -0.1) is 0 Å². The van der Waals surface area contributed by atoms with Gasteiger partial charge in [-0.3, -0.25) is 0 Å². The van der Waals surface area contributed by atoms with Gasteiger partial charge >= 0.3 is 7.12 Å². The maximum atomic E-state index is 8.41. The summed E-state index contributed by atoms with van der Waals surface area (Å²) in [6.07, 6.45) is 0.226. The molecule has 4 heteroatoms. The minimum atomic E-state index is -1.25. The molecule has 3 N–H and O–H groups in total. The summed E-state index contributed by atoms with van der Waals surface area (Å²) in [6, 6.07) is 0. The van der Waals surface area contributed by atoms with Crippen LogP contribution in [0.1, 0.15) is 20.8 Å². The Hall–Kier alpha value is -0.0551. The quantitative estimate of drug-likeness (QED) is 0.438. The van der Waals surface area contributed by atoms with Crippen LogP contribution in [0, 0.1) is 0 Å². The molecule has 0 heterocycles. The van der Waals surface area contributed by atoms with Crippen molar-refractivity contribution in [3.8, 4) is 0 Å². The Kier molecular flexibility index (Phi) is 3.18. The number of hydrogen-bond donors (Lipinski definition) is 3. The van der Waals surface area contributed by atoms with Gasteiger partial charge in [0.2, 0.25) is 0 Å². The van der Waals surface area contributed by atoms with Gasteiger partial charge in [-0.05, 0) is 20.8 Å². The first-order chi connectivity index (χ1) is 3.92. The molecule has 0 rings (SSSR count). The van der Waals surface area contributed by atoms with Gasteiger partial charge in [0.15, 0.2) is 0 Å². The highest BCUT2D eigenvalue weighted by atomic mass is 16.4. The van der Waals surface area contributed by atoms with E-state index in [1.165, 1.54) is 0 Å². The number of nitrogens with one attached hydrogen (secondary N) is 1. The molecule has 0 radical (unpaired) electrons. The molecule has 9 heavy (non-hydrogen) atoms. The SMILES string of the molecule is CC(C)(C)NCB(O)O. The third kappa shape index (κ3) is 7.94. The molecule has 54 valence electrons. The minimum absolute atomic E-state index is 0.0380. The van der Waals surface area contributed by atoms with Crippen LogP contribution in [0.3, 0.4) is 0 Å². The Bertz CT molecular complexity index is 79.5. The maximum Gasteiger partial charge on any atom is 0.466 e. The summed E-state index contributed by atoms with van der Waals surface area (Å²) >= 11 is 0. The molecular weight excluding hydrogens is 117 g/mol. The van der Waals surface area contributed by atoms with Crippen LogP contribution in [0.15, 0.2) is 0 Å². The lowest BCUT2D eigenvalue weighted by Gasteiger charge is -2.19. The fraction of sp³-hybridized carbons (Fsp3) is 1.00. The van der Waals surface area contributed by atoms with Crippen molar-refractivity contribution in [1.82, 2.24) is 5.32 Å². The van der Waals surface area contributed by atoms with Crippen LogP contribution in [0.25, 0.3) is 0 Å². The predicted molar refractivity (Wildman–Crippen MR) is 37.9 cm³/mol. The minimum Gasteiger partial charge on any atom is -0.426 e. The van der Waals surface area contributed by atoms with Crippen molar-refractivity contribution in [1.29, 1.82) is 0 Å². The summed E-state index contributed by atoms with van der Waals surface area (Å²) < 4.78 is 0. The van der Waals surface area contributed by atoms with Gasteiger partial charge in [-0.1, -0.05) is 0 Å². The molecule has 0 bridgehead atoms. The van der Waals surface area contributed by atoms with E-state index in [4.69, 9.17) is 10.0 Å². The zero-order valence-corrected chi connectivity index (χ0v) is 6.18. The highest BCUT2D eigenvalue weighted by molar-refractivity contribution is 6.41. The molecule has 0 fully saturated rings. The van der Waals surface area contributed by atoms with Gasteiger partial charge in [0.1, 0.15) is 0 Å². The third-order valence-electron chi connectivity index (χ3n) is 0.815. The smallest absolute Gasteiger partial charge is 0.426 e. The van der Waals surface area contributed by atoms with Crippen molar-refractivity contribution in [2.75, 3.05) is 6.44 Å². The van der Waals surface area contributed by atoms with Gasteiger partial charge in [0.05, 0.1) is 0 Å². The van der Waals surface area contributed by atoms with Gasteiger partial charge in [0.25, 0.3) is 0 Å². The van der Waals surface area contributed by atoms with Crippen molar-refractivity contribution in [3.63, 3.8) is 0 Å². The molecule has 0 unspecified atom stereocenters. The Morgan fingerprint density at radius 3 is 1.89 bits per heavy atom. The molecule has 0 saturated carbocycles. The predicted octanol–water partition coefficient (Wildman–Crippen LogP) is -0.613. The second-order valence-electron chi connectivity index (χ2n) is 3.11. The van der Waals surface area contributed by atoms with Crippen LogP contribution < -0.4 is 5.32 Å². The van der Waals surface area contributed by atoms with Gasteiger partial charge in [-0.2, -0.15) is 0 Å². The molecule has 0 atom stereocenters. The topological polar surface area (TPSA) is 52.5 Å². The molecular formula is C5H14BNO2. The van der Waals surface area contributed by atoms with Gasteiger partial charge in [0, 0.05) is 12.0 Å². The Morgan fingerprint density at radius 2 is 1.78 bits per heavy atom. The normalized spacial score (nSPS) is 11.7. The average Bonchev–Trinajstić information content (AvgIpc) is 1.59. The third-order valence-corrected chi connectivity index (χ3v) is 0.815. The first kappa shape index (κ1) is 8.94. The molecule has 0 aromatic carbocycles. The van der Waals surface area contributed by atoms with Crippen LogP contribution >= 0.6 is 0 Å². The first-order valence-electron chi connectivity index (χ1n) is 3.03. The van der Waals surface area contributed by atoms with Crippen molar-refractivity contribution in [3.05, 3.63) is 0 Å². The lowest BCUT2D eigenvalue weighted by atomic mass is 9.91. The van der Waals surface area contributed by atoms with E-state index in [0.717, 1.165) is 0 Å². The average molecular weight is 131 g/mol. The van der Waals surface area contributed by atoms with E-state index in [0.29, 0.717) is 0 Å². The summed E-state index contributed by atoms with van der Waals surface area (Å²) in [5.41, 5.74) is -0.0380. The van der Waals surface area contributed by atoms with Crippen LogP contribution in [-0.4, -0.2) is 29.1 Å². The maximum absolute atomic E-state index is 8.41. The summed E-state index contributed by atoms with van der Waals surface area (Å²) in [6.45, 7) is 5.90. The van der Waals surface area contributed by atoms with Crippen molar-refractivity contribution in [2.45, 2.75) is 26.3 Å². The van der Waals surface area contributed by atoms with E-state index in [9.17, 15) is 0 Å². The van der Waals surface area contributed by atoms with Crippen LogP contribution in [0.5, 0.6) is 0 Å². The van der Waals surface area contributed by atoms with Crippen LogP contribution in [-0.2, 0) is 0 Å². The Balaban J connectivity index is 3.28. The largest absolute Gasteiger partial charge is 0.466 e. The summed E-state index contributed by atoms with van der Waals surface area (Å²) in [7, 11) is -1.25. The van der Waals surface area contributed by atoms with E-state index in [2.05, 4.69) is 5.32 Å². The summed E-state index contributed by atoms with van der Waals surface area (Å²) in [5, 5.41) is 19.7. The molecule has 0 aliphatic heterocycles. The first-order valence-corrected chi connectivity index (χ1v) is 3.03. The highest BCUT2D eigenvalue weighted by Crippen LogP contribution is 1.96. The molecule has 0 aromatic rings. The van der Waals surface area contributed by atoms with Gasteiger partial charge in [-0.25, -0.2) is 0 Å². The lowest BCUT2D eigenvalue weighted by molar-refractivity contribution is 0.373. The van der Waals surface area contributed by atoms with Crippen LogP contribution in [0.2, 0.25) is 0 Å². The molecule has 0 aliphatic rings. The molecule has 0 aliphatic carbocycles. The van der Waals surface area contributed by atoms with E-state index >= 15 is 0 Å². The van der Waals surface area contributed by atoms with E-state index < -0.39 is 7.12 Å². The lowest BCUT2D eigenvalue weighted by Crippen LogP contribution is -2.42. The molecule has 0 amide bonds. The standard InChI is InChI=1S/C5H14BNO2/c1-5(2,3)7-4-6(8)9/h7-9H,4H2,1-3H3. The summed E-state index contributed by atoms with van der Waals surface area (Å²) in [4.78, 5) is 0. The highest BCUT2D eigenvalue weighted by Gasteiger charge is 2.13. The zero-order chi connectivity index (χ0) is 7.49. The fourth-order valence-electron chi connectivity index (χ4n) is 0.397. The Morgan fingerprint density at radius 1 is 1.33 bits per heavy atom. The molecule has 3 nitrogen and oxygen atoms in total. The van der Waals surface area contributed by atoms with Crippen molar-refractivity contribution >= 4 is 7.12 Å². The number of hydrogen-bond acceptors (Lipinski definition) is 3. The fourth-order valence-corrected chi connectivity index (χ4v) is 0.397. The molecule has 0 spiro atoms. The van der Waals surface area contributed by atoms with E-state index in [1.807, 2.05) is 20.8 Å². The second kappa shape index (κ2) is 3.20. The van der Waals surface area contributed by atoms with Crippen molar-refractivity contribution in [2.24, 2.45) is 0 Å². The van der Waals surface area contributed by atoms with E-state index in [-0.39, 0.29) is 12.0 Å². The second-order valence-corrected chi connectivity index (χ2v) is 3.11. The van der Waals surface area contributed by atoms with Crippen molar-refractivity contribution < 1.29 is 10.0 Å². The molecule has 0 aromatic heterocycles. The monoisotopic (exact) mass is 131 g/mol. The van der Waals surface area contributed by atoms with E-state index in [1.54, 1.807) is 0 Å². The molecule has 0 saturated heterocycles. The van der Waals surface area contributed by atoms with Gasteiger partial charge < -0.3 is 15.4 Å².